The molecule has 2 unspecified atom stereocenters. The lowest BCUT2D eigenvalue weighted by Crippen LogP contribution is -2.40. The van der Waals surface area contributed by atoms with Crippen molar-refractivity contribution in [2.24, 2.45) is 0 Å². The van der Waals surface area contributed by atoms with Gasteiger partial charge >= 0.3 is 0 Å². The predicted molar refractivity (Wildman–Crippen MR) is 66.2 cm³/mol. The summed E-state index contributed by atoms with van der Waals surface area (Å²) in [4.78, 5) is 11.7. The molecule has 0 aromatic rings. The van der Waals surface area contributed by atoms with Crippen LogP contribution in [0, 0.1) is 0 Å². The number of hydrogen-bond donors (Lipinski definition) is 2. The first-order chi connectivity index (χ1) is 7.24. The SMILES string of the molecule is CCCCSC(C)C(=O)NC1CCNC1. The van der Waals surface area contributed by atoms with E-state index in [0.29, 0.717) is 6.04 Å². The normalized spacial score (nSPS) is 22.7. The molecule has 0 saturated carbocycles. The van der Waals surface area contributed by atoms with E-state index < -0.39 is 0 Å². The number of hydrogen-bond acceptors (Lipinski definition) is 3. The van der Waals surface area contributed by atoms with Gasteiger partial charge in [0.25, 0.3) is 0 Å². The summed E-state index contributed by atoms with van der Waals surface area (Å²) in [5, 5.41) is 6.43. The van der Waals surface area contributed by atoms with E-state index in [1.54, 1.807) is 11.8 Å². The van der Waals surface area contributed by atoms with Gasteiger partial charge in [0.15, 0.2) is 0 Å². The molecular formula is C11H22N2OS. The summed E-state index contributed by atoms with van der Waals surface area (Å²) in [6.07, 6.45) is 3.47. The Morgan fingerprint density at radius 2 is 2.47 bits per heavy atom. The van der Waals surface area contributed by atoms with E-state index in [1.165, 1.54) is 12.8 Å². The first-order valence-corrected chi connectivity index (χ1v) is 6.91. The first kappa shape index (κ1) is 12.8. The van der Waals surface area contributed by atoms with Gasteiger partial charge < -0.3 is 10.6 Å². The molecular weight excluding hydrogens is 208 g/mol. The van der Waals surface area contributed by atoms with Crippen LogP contribution in [0.3, 0.4) is 0 Å². The average molecular weight is 230 g/mol. The molecule has 2 N–H and O–H groups in total. The van der Waals surface area contributed by atoms with E-state index in [0.717, 1.165) is 25.3 Å². The van der Waals surface area contributed by atoms with Gasteiger partial charge in [-0.3, -0.25) is 4.79 Å². The summed E-state index contributed by atoms with van der Waals surface area (Å²) < 4.78 is 0. The molecule has 0 aromatic carbocycles. The highest BCUT2D eigenvalue weighted by atomic mass is 32.2. The molecule has 1 aliphatic heterocycles. The van der Waals surface area contributed by atoms with Crippen molar-refractivity contribution in [1.82, 2.24) is 10.6 Å². The molecule has 1 amide bonds. The van der Waals surface area contributed by atoms with Gasteiger partial charge in [-0.05, 0) is 32.1 Å². The summed E-state index contributed by atoms with van der Waals surface area (Å²) in [6.45, 7) is 6.13. The molecule has 0 aliphatic carbocycles. The Morgan fingerprint density at radius 1 is 1.67 bits per heavy atom. The van der Waals surface area contributed by atoms with Crippen molar-refractivity contribution >= 4 is 17.7 Å². The van der Waals surface area contributed by atoms with Crippen molar-refractivity contribution in [3.8, 4) is 0 Å². The molecule has 15 heavy (non-hydrogen) atoms. The smallest absolute Gasteiger partial charge is 0.233 e. The van der Waals surface area contributed by atoms with Gasteiger partial charge in [-0.1, -0.05) is 13.3 Å². The summed E-state index contributed by atoms with van der Waals surface area (Å²) in [7, 11) is 0. The van der Waals surface area contributed by atoms with Crippen molar-refractivity contribution in [3.05, 3.63) is 0 Å². The number of carbonyl (C=O) groups excluding carboxylic acids is 1. The van der Waals surface area contributed by atoms with E-state index in [4.69, 9.17) is 0 Å². The molecule has 0 bridgehead atoms. The van der Waals surface area contributed by atoms with Crippen molar-refractivity contribution in [3.63, 3.8) is 0 Å². The van der Waals surface area contributed by atoms with Crippen LogP contribution < -0.4 is 10.6 Å². The Labute approximate surface area is 96.8 Å². The van der Waals surface area contributed by atoms with Crippen LogP contribution in [-0.2, 0) is 4.79 Å². The van der Waals surface area contributed by atoms with Crippen molar-refractivity contribution < 1.29 is 4.79 Å². The summed E-state index contributed by atoms with van der Waals surface area (Å²) in [5.41, 5.74) is 0. The van der Waals surface area contributed by atoms with Crippen LogP contribution in [0.5, 0.6) is 0 Å². The number of carbonyl (C=O) groups is 1. The third kappa shape index (κ3) is 4.89. The van der Waals surface area contributed by atoms with Gasteiger partial charge in [0.2, 0.25) is 5.91 Å². The van der Waals surface area contributed by atoms with Crippen LogP contribution in [0.25, 0.3) is 0 Å². The second kappa shape index (κ2) is 7.12. The third-order valence-corrected chi connectivity index (χ3v) is 3.88. The minimum absolute atomic E-state index is 0.0946. The summed E-state index contributed by atoms with van der Waals surface area (Å²) in [6, 6.07) is 0.353. The fraction of sp³-hybridized carbons (Fsp3) is 0.909. The zero-order chi connectivity index (χ0) is 11.1. The molecule has 4 heteroatoms. The minimum Gasteiger partial charge on any atom is -0.351 e. The Kier molecular flexibility index (Phi) is 6.10. The first-order valence-electron chi connectivity index (χ1n) is 5.86. The van der Waals surface area contributed by atoms with Crippen LogP contribution in [-0.4, -0.2) is 36.0 Å². The molecule has 1 saturated heterocycles. The van der Waals surface area contributed by atoms with Gasteiger partial charge in [0, 0.05) is 12.6 Å². The number of thioether (sulfide) groups is 1. The van der Waals surface area contributed by atoms with Gasteiger partial charge in [-0.2, -0.15) is 0 Å². The van der Waals surface area contributed by atoms with Crippen LogP contribution in [0.4, 0.5) is 0 Å². The number of nitrogens with one attached hydrogen (secondary N) is 2. The quantitative estimate of drug-likeness (QED) is 0.678. The third-order valence-electron chi connectivity index (χ3n) is 2.64. The maximum absolute atomic E-state index is 11.7. The molecule has 0 spiro atoms. The van der Waals surface area contributed by atoms with Crippen molar-refractivity contribution in [1.29, 1.82) is 0 Å². The molecule has 0 radical (unpaired) electrons. The average Bonchev–Trinajstić information content (AvgIpc) is 2.70. The summed E-state index contributed by atoms with van der Waals surface area (Å²) >= 11 is 1.76. The molecule has 1 fully saturated rings. The fourth-order valence-electron chi connectivity index (χ4n) is 1.58. The van der Waals surface area contributed by atoms with Crippen molar-refractivity contribution in [2.75, 3.05) is 18.8 Å². The highest BCUT2D eigenvalue weighted by Gasteiger charge is 2.20. The van der Waals surface area contributed by atoms with Gasteiger partial charge in [-0.15, -0.1) is 11.8 Å². The van der Waals surface area contributed by atoms with Crippen LogP contribution >= 0.6 is 11.8 Å². The zero-order valence-corrected chi connectivity index (χ0v) is 10.5. The van der Waals surface area contributed by atoms with Crippen LogP contribution in [0.2, 0.25) is 0 Å². The van der Waals surface area contributed by atoms with E-state index >= 15 is 0 Å². The van der Waals surface area contributed by atoms with E-state index in [9.17, 15) is 4.79 Å². The Balaban J connectivity index is 2.14. The highest BCUT2D eigenvalue weighted by Crippen LogP contribution is 2.13. The predicted octanol–water partition coefficient (Wildman–Crippen LogP) is 1.39. The number of amides is 1. The topological polar surface area (TPSA) is 41.1 Å². The standard InChI is InChI=1S/C11H22N2OS/c1-3-4-7-15-9(2)11(14)13-10-5-6-12-8-10/h9-10,12H,3-8H2,1-2H3,(H,13,14). The fourth-order valence-corrected chi connectivity index (χ4v) is 2.60. The van der Waals surface area contributed by atoms with E-state index in [2.05, 4.69) is 17.6 Å². The second-order valence-corrected chi connectivity index (χ2v) is 5.51. The lowest BCUT2D eigenvalue weighted by Gasteiger charge is -2.15. The summed E-state index contributed by atoms with van der Waals surface area (Å²) in [5.74, 6) is 1.29. The number of rotatable bonds is 6. The molecule has 3 nitrogen and oxygen atoms in total. The monoisotopic (exact) mass is 230 g/mol. The van der Waals surface area contributed by atoms with Gasteiger partial charge in [-0.25, -0.2) is 0 Å². The Bertz CT molecular complexity index is 193. The molecule has 1 heterocycles. The van der Waals surface area contributed by atoms with Crippen LogP contribution in [0.1, 0.15) is 33.1 Å². The molecule has 2 atom stereocenters. The molecule has 88 valence electrons. The largest absolute Gasteiger partial charge is 0.351 e. The van der Waals surface area contributed by atoms with E-state index in [-0.39, 0.29) is 11.2 Å². The van der Waals surface area contributed by atoms with E-state index in [1.807, 2.05) is 6.92 Å². The van der Waals surface area contributed by atoms with Crippen LogP contribution in [0.15, 0.2) is 0 Å². The minimum atomic E-state index is 0.0946. The Morgan fingerprint density at radius 3 is 3.07 bits per heavy atom. The Hall–Kier alpha value is -0.220. The van der Waals surface area contributed by atoms with Gasteiger partial charge in [0.1, 0.15) is 0 Å². The lowest BCUT2D eigenvalue weighted by atomic mass is 10.2. The maximum Gasteiger partial charge on any atom is 0.233 e. The number of unbranched alkanes of at least 4 members (excludes halogenated alkanes) is 1. The molecule has 1 rings (SSSR count). The molecule has 1 aliphatic rings. The lowest BCUT2D eigenvalue weighted by molar-refractivity contribution is -0.120. The molecule has 0 aromatic heterocycles. The second-order valence-electron chi connectivity index (χ2n) is 4.06. The highest BCUT2D eigenvalue weighted by molar-refractivity contribution is 8.00. The van der Waals surface area contributed by atoms with Crippen molar-refractivity contribution in [2.45, 2.75) is 44.4 Å². The zero-order valence-electron chi connectivity index (χ0n) is 9.71. The maximum atomic E-state index is 11.7. The van der Waals surface area contributed by atoms with Gasteiger partial charge in [0.05, 0.1) is 5.25 Å².